The molecule has 0 radical (unpaired) electrons. The molecule has 0 fully saturated rings. The van der Waals surface area contributed by atoms with Crippen LogP contribution in [0.3, 0.4) is 0 Å². The van der Waals surface area contributed by atoms with Crippen LogP contribution < -0.4 is 0 Å². The number of ether oxygens (including phenoxy) is 1. The molecular formula is C42H55N5O7. The van der Waals surface area contributed by atoms with Gasteiger partial charge in [-0.1, -0.05) is 20.8 Å². The SMILES string of the molecule is CCCOC(C)c1c2[nH]c(c1C)C=C1N=C(C3CC(=O)c4c3[nH]c(c4C)CC3=NC(=C(C)C3CC)C2)[C@@H](CCC(=O)N(CCC(=O)O)CCC(=O)O)[C@@H]1C. The standard InChI is InChI=1S/C42H55N5O7/c1-8-16-54-25(7)39-23(5)31-18-30-22(4)27(10-11-36(49)47(14-12-37(50)51)15-13-38(52)53)41(45-30)28-17-35(48)40-24(6)32(46-42(28)40)19-33-26(9-2)21(3)29(43-33)20-34(39)44-31/h18,22,25-28,44,46H,8-17,19-20H2,1-7H3,(H,50,51)(H,52,53)/t22-,25?,26?,27-,28?/m0/s1. The van der Waals surface area contributed by atoms with Gasteiger partial charge in [-0.15, -0.1) is 0 Å². The van der Waals surface area contributed by atoms with Crippen molar-refractivity contribution in [2.24, 2.45) is 27.7 Å². The Hall–Kier alpha value is -4.58. The number of carbonyl (C=O) groups is 4. The lowest BCUT2D eigenvalue weighted by molar-refractivity contribution is -0.139. The van der Waals surface area contributed by atoms with E-state index in [4.69, 9.17) is 14.7 Å². The smallest absolute Gasteiger partial charge is 0.305 e. The van der Waals surface area contributed by atoms with Crippen LogP contribution in [0.25, 0.3) is 6.08 Å². The van der Waals surface area contributed by atoms with E-state index in [0.29, 0.717) is 32.3 Å². The number of aliphatic carboxylic acids is 2. The number of hydrogen-bond acceptors (Lipinski definition) is 7. The minimum atomic E-state index is -1.05. The van der Waals surface area contributed by atoms with Crippen molar-refractivity contribution in [2.45, 2.75) is 118 Å². The number of carboxylic acid groups (broad SMARTS) is 2. The first-order valence-corrected chi connectivity index (χ1v) is 19.6. The fourth-order valence-corrected chi connectivity index (χ4v) is 9.14. The fourth-order valence-electron chi connectivity index (χ4n) is 9.14. The van der Waals surface area contributed by atoms with Crippen LogP contribution in [0.4, 0.5) is 0 Å². The van der Waals surface area contributed by atoms with E-state index in [-0.39, 0.29) is 73.8 Å². The van der Waals surface area contributed by atoms with Gasteiger partial charge in [0.15, 0.2) is 5.78 Å². The molecule has 0 saturated carbocycles. The Balaban J connectivity index is 1.44. The van der Waals surface area contributed by atoms with Crippen LogP contribution in [0.1, 0.15) is 141 Å². The van der Waals surface area contributed by atoms with Crippen molar-refractivity contribution in [1.82, 2.24) is 14.9 Å². The van der Waals surface area contributed by atoms with Crippen LogP contribution in [0.5, 0.6) is 0 Å². The number of amides is 1. The van der Waals surface area contributed by atoms with Crippen molar-refractivity contribution >= 4 is 41.1 Å². The van der Waals surface area contributed by atoms with Gasteiger partial charge in [0, 0.05) is 126 Å². The zero-order valence-corrected chi connectivity index (χ0v) is 32.7. The third kappa shape index (κ3) is 7.54. The second kappa shape index (κ2) is 16.0. The van der Waals surface area contributed by atoms with E-state index in [2.05, 4.69) is 57.6 Å². The van der Waals surface area contributed by atoms with Gasteiger partial charge < -0.3 is 29.8 Å². The maximum Gasteiger partial charge on any atom is 0.305 e. The average Bonchev–Trinajstić information content (AvgIpc) is 3.88. The number of rotatable bonds is 14. The maximum atomic E-state index is 13.8. The normalized spacial score (nSPS) is 22.4. The third-order valence-electron chi connectivity index (χ3n) is 12.1. The van der Waals surface area contributed by atoms with E-state index < -0.39 is 11.9 Å². The van der Waals surface area contributed by atoms with Gasteiger partial charge in [0.2, 0.25) is 5.91 Å². The minimum Gasteiger partial charge on any atom is -0.481 e. The molecule has 3 aliphatic heterocycles. The number of hydrogen-bond donors (Lipinski definition) is 4. The van der Waals surface area contributed by atoms with E-state index >= 15 is 0 Å². The van der Waals surface area contributed by atoms with Crippen molar-refractivity contribution in [1.29, 1.82) is 0 Å². The minimum absolute atomic E-state index is 0.0590. The topological polar surface area (TPSA) is 178 Å². The molecule has 290 valence electrons. The molecule has 4 N–H and O–H groups in total. The van der Waals surface area contributed by atoms with Gasteiger partial charge in [-0.2, -0.15) is 0 Å². The number of carboxylic acids is 2. The van der Waals surface area contributed by atoms with E-state index in [0.717, 1.165) is 80.7 Å². The van der Waals surface area contributed by atoms with Gasteiger partial charge in [-0.25, -0.2) is 0 Å². The lowest BCUT2D eigenvalue weighted by atomic mass is 9.81. The summed E-state index contributed by atoms with van der Waals surface area (Å²) in [6.45, 7) is 15.4. The van der Waals surface area contributed by atoms with Crippen LogP contribution in [0.2, 0.25) is 0 Å². The Labute approximate surface area is 317 Å². The molecule has 3 unspecified atom stereocenters. The summed E-state index contributed by atoms with van der Waals surface area (Å²) in [5.41, 5.74) is 13.0. The highest BCUT2D eigenvalue weighted by Crippen LogP contribution is 2.46. The number of Topliss-reactive ketones (excluding diaryl/α,β-unsaturated/α-hetero) is 1. The van der Waals surface area contributed by atoms with E-state index in [1.54, 1.807) is 0 Å². The summed E-state index contributed by atoms with van der Waals surface area (Å²) in [7, 11) is 0. The Morgan fingerprint density at radius 2 is 1.69 bits per heavy atom. The zero-order chi connectivity index (χ0) is 39.0. The predicted molar refractivity (Wildman–Crippen MR) is 207 cm³/mol. The van der Waals surface area contributed by atoms with Gasteiger partial charge in [0.25, 0.3) is 0 Å². The zero-order valence-electron chi connectivity index (χ0n) is 32.7. The van der Waals surface area contributed by atoms with E-state index in [9.17, 15) is 29.4 Å². The Kier molecular flexibility index (Phi) is 11.6. The molecule has 2 aromatic heterocycles. The van der Waals surface area contributed by atoms with Gasteiger partial charge in [0.1, 0.15) is 0 Å². The number of H-pyrrole nitrogens is 2. The largest absolute Gasteiger partial charge is 0.481 e. The molecule has 54 heavy (non-hydrogen) atoms. The van der Waals surface area contributed by atoms with Crippen LogP contribution >= 0.6 is 0 Å². The number of nitrogens with zero attached hydrogens (tertiary/aromatic N) is 3. The van der Waals surface area contributed by atoms with Crippen molar-refractivity contribution in [3.05, 3.63) is 62.0 Å². The van der Waals surface area contributed by atoms with Crippen molar-refractivity contribution in [3.8, 4) is 0 Å². The third-order valence-corrected chi connectivity index (χ3v) is 12.1. The van der Waals surface area contributed by atoms with Crippen LogP contribution in [-0.2, 0) is 32.0 Å². The number of fused-ring (bicyclic) bond motifs is 6. The molecular weight excluding hydrogens is 686 g/mol. The number of allylic oxidation sites excluding steroid dienone is 3. The lowest BCUT2D eigenvalue weighted by Crippen LogP contribution is -2.35. The highest BCUT2D eigenvalue weighted by molar-refractivity contribution is 6.11. The van der Waals surface area contributed by atoms with Crippen molar-refractivity contribution < 1.29 is 34.1 Å². The van der Waals surface area contributed by atoms with Crippen molar-refractivity contribution in [2.75, 3.05) is 19.7 Å². The summed E-state index contributed by atoms with van der Waals surface area (Å²) < 4.78 is 6.31. The molecule has 1 aliphatic carbocycles. The lowest BCUT2D eigenvalue weighted by Gasteiger charge is -2.25. The van der Waals surface area contributed by atoms with E-state index in [1.807, 2.05) is 6.92 Å². The molecule has 4 aliphatic rings. The average molecular weight is 742 g/mol. The molecule has 1 amide bonds. The summed E-state index contributed by atoms with van der Waals surface area (Å²) in [5, 5.41) is 18.6. The highest BCUT2D eigenvalue weighted by atomic mass is 16.5. The monoisotopic (exact) mass is 741 g/mol. The van der Waals surface area contributed by atoms with Crippen LogP contribution in [0.15, 0.2) is 27.0 Å². The number of ketones is 1. The quantitative estimate of drug-likeness (QED) is 0.157. The Morgan fingerprint density at radius 3 is 2.33 bits per heavy atom. The first-order valence-electron chi connectivity index (χ1n) is 19.6. The summed E-state index contributed by atoms with van der Waals surface area (Å²) in [6, 6.07) is 0. The molecule has 5 atom stereocenters. The molecule has 2 aromatic rings. The second-order valence-electron chi connectivity index (χ2n) is 15.5. The second-order valence-corrected chi connectivity index (χ2v) is 15.5. The number of aliphatic imine (C=N–C) groups is 2. The predicted octanol–water partition coefficient (Wildman–Crippen LogP) is 7.28. The summed E-state index contributed by atoms with van der Waals surface area (Å²) in [6.07, 6.45) is 5.35. The van der Waals surface area contributed by atoms with Crippen LogP contribution in [0, 0.1) is 31.6 Å². The molecule has 0 spiro atoms. The first kappa shape index (κ1) is 39.1. The number of nitrogens with one attached hydrogen (secondary N) is 2. The molecule has 8 bridgehead atoms. The van der Waals surface area contributed by atoms with Gasteiger partial charge >= 0.3 is 11.9 Å². The van der Waals surface area contributed by atoms with Gasteiger partial charge in [-0.05, 0) is 69.7 Å². The maximum absolute atomic E-state index is 13.8. The first-order chi connectivity index (χ1) is 25.7. The Bertz CT molecular complexity index is 1960. The molecule has 12 heteroatoms. The molecule has 6 rings (SSSR count). The highest BCUT2D eigenvalue weighted by Gasteiger charge is 2.44. The van der Waals surface area contributed by atoms with Gasteiger partial charge in [0.05, 0.1) is 18.9 Å². The van der Waals surface area contributed by atoms with E-state index in [1.165, 1.54) is 10.5 Å². The number of aromatic nitrogens is 2. The molecule has 5 heterocycles. The summed E-state index contributed by atoms with van der Waals surface area (Å²) in [5.74, 6) is -2.65. The summed E-state index contributed by atoms with van der Waals surface area (Å²) >= 11 is 0. The molecule has 0 aromatic carbocycles. The molecule has 0 saturated heterocycles. The fraction of sp³-hybridized carbons (Fsp3) is 0.571. The van der Waals surface area contributed by atoms with Gasteiger partial charge in [-0.3, -0.25) is 29.2 Å². The Morgan fingerprint density at radius 1 is 0.981 bits per heavy atom. The van der Waals surface area contributed by atoms with Crippen molar-refractivity contribution in [3.63, 3.8) is 0 Å². The number of carbonyl (C=O) groups excluding carboxylic acids is 2. The van der Waals surface area contributed by atoms with Crippen LogP contribution in [-0.4, -0.2) is 79.8 Å². The molecule has 12 nitrogen and oxygen atoms in total. The number of aromatic amines is 2. The summed E-state index contributed by atoms with van der Waals surface area (Å²) in [4.78, 5) is 69.5.